The minimum atomic E-state index is -1.14. The van der Waals surface area contributed by atoms with E-state index in [9.17, 15) is 14.4 Å². The molecule has 0 rings (SSSR count). The van der Waals surface area contributed by atoms with Crippen molar-refractivity contribution >= 4 is 47.5 Å². The van der Waals surface area contributed by atoms with Crippen LogP contribution in [0.15, 0.2) is 0 Å². The number of aliphatic hydroxyl groups excluding tert-OH is 2. The summed E-state index contributed by atoms with van der Waals surface area (Å²) in [5.41, 5.74) is 5.62. The maximum atomic E-state index is 11.7. The number of aliphatic hydroxyl groups is 2. The van der Waals surface area contributed by atoms with Crippen molar-refractivity contribution in [2.75, 3.05) is 13.2 Å². The number of hydrogen-bond donors (Lipinski definition) is 3. The second kappa shape index (κ2) is 20.8. The molecular formula is C20H38NNaO7. The summed E-state index contributed by atoms with van der Waals surface area (Å²) in [7, 11) is 0. The first-order valence-electron chi connectivity index (χ1n) is 10.3. The van der Waals surface area contributed by atoms with Crippen molar-refractivity contribution in [3.8, 4) is 0 Å². The molecule has 0 bridgehead atoms. The van der Waals surface area contributed by atoms with Gasteiger partial charge in [0.1, 0.15) is 18.8 Å². The Labute approximate surface area is 196 Å². The third-order valence-electron chi connectivity index (χ3n) is 4.31. The van der Waals surface area contributed by atoms with Crippen LogP contribution >= 0.6 is 0 Å². The van der Waals surface area contributed by atoms with Gasteiger partial charge in [-0.15, -0.1) is 0 Å². The second-order valence-corrected chi connectivity index (χ2v) is 7.04. The van der Waals surface area contributed by atoms with Crippen molar-refractivity contribution in [1.29, 1.82) is 0 Å². The van der Waals surface area contributed by atoms with Gasteiger partial charge in [-0.3, -0.25) is 9.59 Å². The van der Waals surface area contributed by atoms with Gasteiger partial charge in [0, 0.05) is 12.8 Å². The summed E-state index contributed by atoms with van der Waals surface area (Å²) >= 11 is 0. The summed E-state index contributed by atoms with van der Waals surface area (Å²) in [6, 6.07) is -1.10. The molecule has 0 aromatic rings. The van der Waals surface area contributed by atoms with Crippen LogP contribution in [0.5, 0.6) is 0 Å². The van der Waals surface area contributed by atoms with Gasteiger partial charge in [0.25, 0.3) is 0 Å². The fourth-order valence-corrected chi connectivity index (χ4v) is 2.52. The summed E-state index contributed by atoms with van der Waals surface area (Å²) in [5.74, 6) is -2.11. The Kier molecular flexibility index (Phi) is 22.0. The van der Waals surface area contributed by atoms with Crippen LogP contribution < -0.4 is 5.73 Å². The number of carbonyl (C=O) groups is 3. The van der Waals surface area contributed by atoms with Gasteiger partial charge in [-0.25, -0.2) is 4.79 Å². The Morgan fingerprint density at radius 1 is 0.897 bits per heavy atom. The van der Waals surface area contributed by atoms with Gasteiger partial charge in [-0.1, -0.05) is 58.3 Å². The third-order valence-corrected chi connectivity index (χ3v) is 4.31. The number of esters is 3. The topological polar surface area (TPSA) is 136 Å². The van der Waals surface area contributed by atoms with E-state index >= 15 is 0 Å². The van der Waals surface area contributed by atoms with Gasteiger partial charge >= 0.3 is 47.5 Å². The second-order valence-electron chi connectivity index (χ2n) is 7.04. The van der Waals surface area contributed by atoms with Crippen molar-refractivity contribution in [1.82, 2.24) is 0 Å². The van der Waals surface area contributed by atoms with Crippen LogP contribution in [0.1, 0.15) is 84.0 Å². The Morgan fingerprint density at radius 2 is 1.45 bits per heavy atom. The number of ether oxygens (including phenoxy) is 2. The van der Waals surface area contributed by atoms with E-state index in [-0.39, 0.29) is 55.4 Å². The van der Waals surface area contributed by atoms with Crippen LogP contribution in [-0.2, 0) is 23.9 Å². The molecule has 0 heterocycles. The van der Waals surface area contributed by atoms with Crippen molar-refractivity contribution in [3.05, 3.63) is 0 Å². The van der Waals surface area contributed by atoms with Crippen LogP contribution in [0.3, 0.4) is 0 Å². The molecule has 0 aliphatic heterocycles. The number of hydrogen-bond acceptors (Lipinski definition) is 8. The number of carbonyl (C=O) groups excluding carboxylic acids is 3. The molecule has 0 amide bonds. The SMILES string of the molecule is CCCCCCCCCCCC(=O)OC(=O)[C@@H](N)CCC(=O)OCC(O)CO.[NaH]. The molecule has 1 unspecified atom stereocenters. The van der Waals surface area contributed by atoms with Crippen LogP contribution in [0.25, 0.3) is 0 Å². The molecule has 0 aliphatic rings. The average molecular weight is 428 g/mol. The van der Waals surface area contributed by atoms with Crippen molar-refractivity contribution in [3.63, 3.8) is 0 Å². The van der Waals surface area contributed by atoms with Gasteiger partial charge in [-0.2, -0.15) is 0 Å². The van der Waals surface area contributed by atoms with Crippen LogP contribution in [0.4, 0.5) is 0 Å². The van der Waals surface area contributed by atoms with E-state index in [0.29, 0.717) is 6.42 Å². The van der Waals surface area contributed by atoms with E-state index in [1.54, 1.807) is 0 Å². The molecule has 0 saturated carbocycles. The third kappa shape index (κ3) is 19.2. The predicted octanol–water partition coefficient (Wildman–Crippen LogP) is 1.33. The van der Waals surface area contributed by atoms with Gasteiger partial charge in [0.2, 0.25) is 0 Å². The molecule has 9 heteroatoms. The van der Waals surface area contributed by atoms with E-state index in [4.69, 9.17) is 25.4 Å². The molecule has 0 aromatic heterocycles. The Bertz CT molecular complexity index is 449. The van der Waals surface area contributed by atoms with E-state index in [1.807, 2.05) is 0 Å². The van der Waals surface area contributed by atoms with E-state index in [1.165, 1.54) is 32.1 Å². The fraction of sp³-hybridized carbons (Fsp3) is 0.850. The summed E-state index contributed by atoms with van der Waals surface area (Å²) in [6.45, 7) is 1.35. The van der Waals surface area contributed by atoms with Gasteiger partial charge < -0.3 is 25.4 Å². The van der Waals surface area contributed by atoms with Crippen LogP contribution in [0.2, 0.25) is 0 Å². The van der Waals surface area contributed by atoms with Gasteiger partial charge in [-0.05, 0) is 12.8 Å². The summed E-state index contributed by atoms with van der Waals surface area (Å²) in [4.78, 5) is 34.8. The molecule has 0 aromatic carbocycles. The molecule has 166 valence electrons. The maximum absolute atomic E-state index is 11.7. The van der Waals surface area contributed by atoms with Crippen molar-refractivity contribution in [2.45, 2.75) is 96.1 Å². The fourth-order valence-electron chi connectivity index (χ4n) is 2.52. The zero-order valence-corrected chi connectivity index (χ0v) is 17.1. The van der Waals surface area contributed by atoms with Gasteiger partial charge in [0.15, 0.2) is 0 Å². The zero-order valence-electron chi connectivity index (χ0n) is 17.1. The molecule has 0 radical (unpaired) electrons. The Hall–Kier alpha value is -0.510. The molecule has 2 atom stereocenters. The van der Waals surface area contributed by atoms with Crippen LogP contribution in [0, 0.1) is 0 Å². The quantitative estimate of drug-likeness (QED) is 0.137. The molecule has 0 aliphatic carbocycles. The van der Waals surface area contributed by atoms with Crippen molar-refractivity contribution < 1.29 is 34.1 Å². The average Bonchev–Trinajstić information content (AvgIpc) is 2.68. The van der Waals surface area contributed by atoms with Gasteiger partial charge in [0.05, 0.1) is 6.61 Å². The molecule has 0 saturated heterocycles. The molecule has 8 nitrogen and oxygen atoms in total. The molecular weight excluding hydrogens is 389 g/mol. The predicted molar refractivity (Wildman–Crippen MR) is 111 cm³/mol. The molecule has 4 N–H and O–H groups in total. The zero-order chi connectivity index (χ0) is 21.2. The summed E-state index contributed by atoms with van der Waals surface area (Å²) in [5, 5.41) is 17.7. The monoisotopic (exact) mass is 427 g/mol. The van der Waals surface area contributed by atoms with E-state index < -0.39 is 36.7 Å². The molecule has 29 heavy (non-hydrogen) atoms. The van der Waals surface area contributed by atoms with E-state index in [2.05, 4.69) is 6.92 Å². The molecule has 0 spiro atoms. The van der Waals surface area contributed by atoms with Crippen LogP contribution in [-0.4, -0.2) is 83.0 Å². The van der Waals surface area contributed by atoms with Crippen molar-refractivity contribution in [2.24, 2.45) is 5.73 Å². The Balaban J connectivity index is 0. The first-order chi connectivity index (χ1) is 13.4. The number of nitrogens with two attached hydrogens (primary N) is 1. The number of unbranched alkanes of at least 4 members (excludes halogenated alkanes) is 8. The summed E-state index contributed by atoms with van der Waals surface area (Å²) in [6.07, 6.45) is 8.98. The standard InChI is InChI=1S/C20H37NO7.Na.H/c1-2-3-4-5-6-7-8-9-10-11-19(25)28-20(26)17(21)12-13-18(24)27-15-16(23)14-22;;/h16-17,22-23H,2-15,21H2,1H3;;/t16?,17-;;/m0../s1. The number of rotatable bonds is 17. The first kappa shape index (κ1) is 30.7. The van der Waals surface area contributed by atoms with E-state index in [0.717, 1.165) is 19.3 Å². The Morgan fingerprint density at radius 3 is 2.00 bits per heavy atom. The first-order valence-corrected chi connectivity index (χ1v) is 10.3. The minimum absolute atomic E-state index is 0. The summed E-state index contributed by atoms with van der Waals surface area (Å²) < 4.78 is 9.40. The normalized spacial score (nSPS) is 12.6. The molecule has 0 fully saturated rings.